The topological polar surface area (TPSA) is 94.0 Å². The van der Waals surface area contributed by atoms with Gasteiger partial charge in [-0.15, -0.1) is 12.4 Å². The van der Waals surface area contributed by atoms with Crippen molar-refractivity contribution in [3.8, 4) is 11.4 Å². The van der Waals surface area contributed by atoms with E-state index in [4.69, 9.17) is 10.3 Å². The fourth-order valence-corrected chi connectivity index (χ4v) is 2.73. The highest BCUT2D eigenvalue weighted by Crippen LogP contribution is 2.31. The molecule has 3 rings (SSSR count). The summed E-state index contributed by atoms with van der Waals surface area (Å²) in [4.78, 5) is 16.0. The number of nitrogens with two attached hydrogens (primary N) is 1. The molecule has 0 saturated heterocycles. The Morgan fingerprint density at radius 2 is 2.36 bits per heavy atom. The van der Waals surface area contributed by atoms with E-state index in [2.05, 4.69) is 15.5 Å². The summed E-state index contributed by atoms with van der Waals surface area (Å²) in [6.45, 7) is 0.549. The second-order valence-corrected chi connectivity index (χ2v) is 6.11. The number of aromatic nitrogens is 2. The van der Waals surface area contributed by atoms with Crippen LogP contribution in [-0.4, -0.2) is 28.6 Å². The number of halogens is 1. The van der Waals surface area contributed by atoms with E-state index < -0.39 is 0 Å². The van der Waals surface area contributed by atoms with E-state index in [1.807, 2.05) is 16.8 Å². The van der Waals surface area contributed by atoms with Gasteiger partial charge in [0.25, 0.3) is 0 Å². The zero-order valence-electron chi connectivity index (χ0n) is 12.0. The summed E-state index contributed by atoms with van der Waals surface area (Å²) < 4.78 is 5.15. The first-order chi connectivity index (χ1) is 10.2. The Morgan fingerprint density at radius 1 is 1.55 bits per heavy atom. The number of amides is 1. The van der Waals surface area contributed by atoms with Crippen LogP contribution in [0.1, 0.15) is 25.2 Å². The van der Waals surface area contributed by atoms with E-state index in [9.17, 15) is 4.79 Å². The molecule has 1 atom stereocenters. The summed E-state index contributed by atoms with van der Waals surface area (Å²) in [5, 5.41) is 10.7. The van der Waals surface area contributed by atoms with E-state index in [1.165, 1.54) is 12.8 Å². The quantitative estimate of drug-likeness (QED) is 0.802. The van der Waals surface area contributed by atoms with Crippen molar-refractivity contribution in [3.63, 3.8) is 0 Å². The Labute approximate surface area is 138 Å². The van der Waals surface area contributed by atoms with E-state index in [0.717, 1.165) is 5.56 Å². The summed E-state index contributed by atoms with van der Waals surface area (Å²) in [6, 6.07) is 2.02. The molecule has 120 valence electrons. The van der Waals surface area contributed by atoms with Gasteiger partial charge in [0.15, 0.2) is 0 Å². The van der Waals surface area contributed by atoms with Crippen molar-refractivity contribution in [2.24, 2.45) is 11.7 Å². The van der Waals surface area contributed by atoms with E-state index in [0.29, 0.717) is 37.0 Å². The molecule has 8 heteroatoms. The van der Waals surface area contributed by atoms with Crippen LogP contribution >= 0.6 is 23.7 Å². The average molecular weight is 343 g/mol. The summed E-state index contributed by atoms with van der Waals surface area (Å²) >= 11 is 1.58. The number of nitrogens with one attached hydrogen (secondary N) is 1. The molecule has 1 aliphatic rings. The zero-order chi connectivity index (χ0) is 14.7. The largest absolute Gasteiger partial charge is 0.355 e. The van der Waals surface area contributed by atoms with Crippen molar-refractivity contribution in [2.45, 2.75) is 31.7 Å². The van der Waals surface area contributed by atoms with Crippen LogP contribution in [-0.2, 0) is 11.2 Å². The van der Waals surface area contributed by atoms with Crippen LogP contribution in [0.3, 0.4) is 0 Å². The van der Waals surface area contributed by atoms with Crippen molar-refractivity contribution < 1.29 is 9.32 Å². The third-order valence-electron chi connectivity index (χ3n) is 3.58. The Kier molecular flexibility index (Phi) is 5.93. The van der Waals surface area contributed by atoms with Crippen molar-refractivity contribution >= 4 is 29.7 Å². The molecular formula is C14H19ClN4O2S. The van der Waals surface area contributed by atoms with Gasteiger partial charge in [0.05, 0.1) is 0 Å². The van der Waals surface area contributed by atoms with Gasteiger partial charge >= 0.3 is 0 Å². The minimum atomic E-state index is -0.0265. The van der Waals surface area contributed by atoms with Crippen LogP contribution in [0, 0.1) is 5.92 Å². The predicted molar refractivity (Wildman–Crippen MR) is 86.9 cm³/mol. The maximum absolute atomic E-state index is 11.7. The number of rotatable bonds is 7. The van der Waals surface area contributed by atoms with E-state index >= 15 is 0 Å². The van der Waals surface area contributed by atoms with Crippen LogP contribution < -0.4 is 11.1 Å². The first-order valence-electron chi connectivity index (χ1n) is 7.10. The Bertz CT molecular complexity index is 598. The molecule has 1 aliphatic carbocycles. The highest BCUT2D eigenvalue weighted by Gasteiger charge is 2.28. The Hall–Kier alpha value is -1.44. The monoisotopic (exact) mass is 342 g/mol. The van der Waals surface area contributed by atoms with Crippen molar-refractivity contribution in [3.05, 3.63) is 22.7 Å². The van der Waals surface area contributed by atoms with Crippen molar-refractivity contribution in [1.29, 1.82) is 0 Å². The average Bonchev–Trinajstić information content (AvgIpc) is 3.01. The van der Waals surface area contributed by atoms with Crippen LogP contribution in [0.25, 0.3) is 11.4 Å². The molecule has 1 saturated carbocycles. The van der Waals surface area contributed by atoms with Gasteiger partial charge in [-0.1, -0.05) is 5.16 Å². The van der Waals surface area contributed by atoms with E-state index in [1.54, 1.807) is 11.3 Å². The number of nitrogens with zero attached hydrogens (tertiary/aromatic N) is 2. The molecule has 6 nitrogen and oxygen atoms in total. The van der Waals surface area contributed by atoms with Gasteiger partial charge in [-0.3, -0.25) is 4.79 Å². The zero-order valence-corrected chi connectivity index (χ0v) is 13.7. The molecule has 2 aromatic rings. The van der Waals surface area contributed by atoms with Crippen LogP contribution in [0.15, 0.2) is 21.3 Å². The molecule has 3 N–H and O–H groups in total. The van der Waals surface area contributed by atoms with E-state index in [-0.39, 0.29) is 24.4 Å². The van der Waals surface area contributed by atoms with Gasteiger partial charge in [0, 0.05) is 36.4 Å². The highest BCUT2D eigenvalue weighted by molar-refractivity contribution is 7.08. The second-order valence-electron chi connectivity index (χ2n) is 5.33. The van der Waals surface area contributed by atoms with Gasteiger partial charge in [0.1, 0.15) is 0 Å². The first-order valence-corrected chi connectivity index (χ1v) is 8.04. The number of hydrogen-bond acceptors (Lipinski definition) is 6. The Balaban J connectivity index is 0.00000176. The molecule has 22 heavy (non-hydrogen) atoms. The highest BCUT2D eigenvalue weighted by atomic mass is 35.5. The molecule has 2 aromatic heterocycles. The molecule has 0 radical (unpaired) electrons. The molecule has 1 unspecified atom stereocenters. The lowest BCUT2D eigenvalue weighted by molar-refractivity contribution is -0.121. The molecule has 0 aliphatic heterocycles. The Morgan fingerprint density at radius 3 is 3.05 bits per heavy atom. The van der Waals surface area contributed by atoms with Crippen LogP contribution in [0.5, 0.6) is 0 Å². The van der Waals surface area contributed by atoms with Crippen LogP contribution in [0.2, 0.25) is 0 Å². The number of thiophene rings is 1. The smallest absolute Gasteiger partial charge is 0.227 e. The van der Waals surface area contributed by atoms with Gasteiger partial charge in [0.2, 0.25) is 17.6 Å². The van der Waals surface area contributed by atoms with Gasteiger partial charge in [-0.25, -0.2) is 0 Å². The summed E-state index contributed by atoms with van der Waals surface area (Å²) in [5.41, 5.74) is 6.88. The predicted octanol–water partition coefficient (Wildman–Crippen LogP) is 2.01. The minimum Gasteiger partial charge on any atom is -0.355 e. The molecule has 0 aromatic carbocycles. The third-order valence-corrected chi connectivity index (χ3v) is 4.26. The lowest BCUT2D eigenvalue weighted by atomic mass is 10.2. The normalized spacial score (nSPS) is 15.1. The molecule has 0 bridgehead atoms. The lowest BCUT2D eigenvalue weighted by Crippen LogP contribution is -2.38. The van der Waals surface area contributed by atoms with Gasteiger partial charge in [-0.05, 0) is 30.2 Å². The van der Waals surface area contributed by atoms with Gasteiger partial charge in [-0.2, -0.15) is 16.3 Å². The molecule has 1 fully saturated rings. The summed E-state index contributed by atoms with van der Waals surface area (Å²) in [5.74, 6) is 1.62. The number of aryl methyl sites for hydroxylation is 1. The number of carbonyl (C=O) groups is 1. The fraction of sp³-hybridized carbons (Fsp3) is 0.500. The lowest BCUT2D eigenvalue weighted by Gasteiger charge is -2.10. The van der Waals surface area contributed by atoms with Crippen LogP contribution in [0.4, 0.5) is 0 Å². The maximum Gasteiger partial charge on any atom is 0.227 e. The van der Waals surface area contributed by atoms with Crippen molar-refractivity contribution in [1.82, 2.24) is 15.5 Å². The van der Waals surface area contributed by atoms with Gasteiger partial charge < -0.3 is 15.6 Å². The standard InChI is InChI=1S/C14H18N4O2S.ClH/c15-11(9-1-2-9)7-16-12(19)3-4-13-17-14(18-20-13)10-5-6-21-8-10;/h5-6,8-9,11H,1-4,7,15H2,(H,16,19);1H. The molecule has 0 spiro atoms. The first kappa shape index (κ1) is 16.9. The number of carbonyl (C=O) groups excluding carboxylic acids is 1. The second kappa shape index (κ2) is 7.71. The molecular weight excluding hydrogens is 324 g/mol. The molecule has 1 amide bonds. The molecule has 2 heterocycles. The SMILES string of the molecule is Cl.NC(CNC(=O)CCc1nc(-c2ccsc2)no1)C1CC1. The summed E-state index contributed by atoms with van der Waals surface area (Å²) in [7, 11) is 0. The summed E-state index contributed by atoms with van der Waals surface area (Å²) in [6.07, 6.45) is 3.15. The maximum atomic E-state index is 11.7. The number of hydrogen-bond donors (Lipinski definition) is 2. The fourth-order valence-electron chi connectivity index (χ4n) is 2.10. The minimum absolute atomic E-state index is 0. The third kappa shape index (κ3) is 4.53. The van der Waals surface area contributed by atoms with Crippen molar-refractivity contribution in [2.75, 3.05) is 6.54 Å².